The van der Waals surface area contributed by atoms with Crippen molar-refractivity contribution in [2.24, 2.45) is 23.7 Å². The van der Waals surface area contributed by atoms with Crippen LogP contribution in [0.25, 0.3) is 0 Å². The van der Waals surface area contributed by atoms with Crippen LogP contribution in [-0.2, 0) is 14.3 Å². The van der Waals surface area contributed by atoms with Gasteiger partial charge in [0.25, 0.3) is 0 Å². The predicted molar refractivity (Wildman–Crippen MR) is 86.2 cm³/mol. The molecule has 1 N–H and O–H groups in total. The van der Waals surface area contributed by atoms with Crippen LogP contribution in [0.5, 0.6) is 5.75 Å². The summed E-state index contributed by atoms with van der Waals surface area (Å²) in [4.78, 5) is 24.2. The number of amides is 1. The Kier molecular flexibility index (Phi) is 4.28. The number of carbonyl (C=O) groups is 2. The molecule has 2 aliphatic carbocycles. The SMILES string of the molecule is CCOC(=O)C1C2CC(C(=O)Nc3ccc(C)c(OC)c3)CC21. The normalized spacial score (nSPS) is 28.0. The van der Waals surface area contributed by atoms with Crippen LogP contribution in [0.15, 0.2) is 18.2 Å². The van der Waals surface area contributed by atoms with Crippen molar-refractivity contribution in [1.82, 2.24) is 0 Å². The van der Waals surface area contributed by atoms with Gasteiger partial charge in [-0.15, -0.1) is 0 Å². The summed E-state index contributed by atoms with van der Waals surface area (Å²) >= 11 is 0. The van der Waals surface area contributed by atoms with Gasteiger partial charge in [0.05, 0.1) is 19.6 Å². The van der Waals surface area contributed by atoms with E-state index in [4.69, 9.17) is 9.47 Å². The number of esters is 1. The fourth-order valence-corrected chi connectivity index (χ4v) is 3.79. The fraction of sp³-hybridized carbons (Fsp3) is 0.556. The lowest BCUT2D eigenvalue weighted by Gasteiger charge is -2.15. The zero-order chi connectivity index (χ0) is 16.6. The molecule has 1 aromatic rings. The zero-order valence-electron chi connectivity index (χ0n) is 13.8. The Hall–Kier alpha value is -2.04. The first-order chi connectivity index (χ1) is 11.0. The molecule has 0 saturated heterocycles. The maximum atomic E-state index is 12.4. The molecule has 2 atom stereocenters. The van der Waals surface area contributed by atoms with E-state index < -0.39 is 0 Å². The number of fused-ring (bicyclic) bond motifs is 1. The smallest absolute Gasteiger partial charge is 0.309 e. The van der Waals surface area contributed by atoms with Crippen LogP contribution >= 0.6 is 0 Å². The molecule has 0 heterocycles. The van der Waals surface area contributed by atoms with Crippen molar-refractivity contribution in [1.29, 1.82) is 0 Å². The molecule has 124 valence electrons. The minimum absolute atomic E-state index is 0.0111. The molecule has 1 amide bonds. The number of aryl methyl sites for hydroxylation is 1. The molecule has 2 fully saturated rings. The predicted octanol–water partition coefficient (Wildman–Crippen LogP) is 2.78. The van der Waals surface area contributed by atoms with Crippen LogP contribution in [0.4, 0.5) is 5.69 Å². The summed E-state index contributed by atoms with van der Waals surface area (Å²) in [5, 5.41) is 2.96. The van der Waals surface area contributed by atoms with Gasteiger partial charge >= 0.3 is 5.97 Å². The lowest BCUT2D eigenvalue weighted by atomic mass is 9.99. The topological polar surface area (TPSA) is 64.6 Å². The third-order valence-corrected chi connectivity index (χ3v) is 5.05. The van der Waals surface area contributed by atoms with Gasteiger partial charge in [-0.1, -0.05) is 6.07 Å². The summed E-state index contributed by atoms with van der Waals surface area (Å²) in [6.07, 6.45) is 1.56. The Labute approximate surface area is 136 Å². The van der Waals surface area contributed by atoms with Gasteiger partial charge in [0.15, 0.2) is 0 Å². The quantitative estimate of drug-likeness (QED) is 0.848. The Balaban J connectivity index is 1.55. The highest BCUT2D eigenvalue weighted by Gasteiger charge is 2.61. The van der Waals surface area contributed by atoms with Crippen molar-refractivity contribution in [2.75, 3.05) is 19.0 Å². The van der Waals surface area contributed by atoms with E-state index in [0.717, 1.165) is 29.8 Å². The van der Waals surface area contributed by atoms with Crippen LogP contribution in [0.1, 0.15) is 25.3 Å². The van der Waals surface area contributed by atoms with Crippen LogP contribution in [0.3, 0.4) is 0 Å². The molecule has 5 nitrogen and oxygen atoms in total. The Bertz CT molecular complexity index is 615. The second-order valence-corrected chi connectivity index (χ2v) is 6.45. The minimum atomic E-state index is -0.0929. The molecule has 23 heavy (non-hydrogen) atoms. The van der Waals surface area contributed by atoms with Gasteiger partial charge in [-0.05, 0) is 50.2 Å². The van der Waals surface area contributed by atoms with Crippen molar-refractivity contribution in [3.8, 4) is 5.75 Å². The molecule has 2 saturated carbocycles. The van der Waals surface area contributed by atoms with Gasteiger partial charge in [-0.2, -0.15) is 0 Å². The summed E-state index contributed by atoms with van der Waals surface area (Å²) in [5.41, 5.74) is 1.78. The third-order valence-electron chi connectivity index (χ3n) is 5.05. The number of hydrogen-bond donors (Lipinski definition) is 1. The summed E-state index contributed by atoms with van der Waals surface area (Å²) < 4.78 is 10.4. The molecule has 0 aromatic heterocycles. The summed E-state index contributed by atoms with van der Waals surface area (Å²) in [7, 11) is 1.62. The molecular formula is C18H23NO4. The van der Waals surface area contributed by atoms with Gasteiger partial charge in [-0.25, -0.2) is 0 Å². The van der Waals surface area contributed by atoms with E-state index in [1.54, 1.807) is 7.11 Å². The van der Waals surface area contributed by atoms with Crippen LogP contribution in [0.2, 0.25) is 0 Å². The number of anilines is 1. The van der Waals surface area contributed by atoms with Gasteiger partial charge in [0.1, 0.15) is 5.75 Å². The minimum Gasteiger partial charge on any atom is -0.496 e. The first-order valence-electron chi connectivity index (χ1n) is 8.17. The molecule has 0 aliphatic heterocycles. The first-order valence-corrected chi connectivity index (χ1v) is 8.17. The highest BCUT2D eigenvalue weighted by molar-refractivity contribution is 5.93. The number of hydrogen-bond acceptors (Lipinski definition) is 4. The van der Waals surface area contributed by atoms with Crippen LogP contribution < -0.4 is 10.1 Å². The largest absolute Gasteiger partial charge is 0.496 e. The maximum absolute atomic E-state index is 12.4. The van der Waals surface area contributed by atoms with Gasteiger partial charge in [0.2, 0.25) is 5.91 Å². The number of benzene rings is 1. The molecule has 0 bridgehead atoms. The Morgan fingerprint density at radius 2 is 1.96 bits per heavy atom. The van der Waals surface area contributed by atoms with E-state index in [1.807, 2.05) is 32.0 Å². The van der Waals surface area contributed by atoms with Crippen molar-refractivity contribution in [3.63, 3.8) is 0 Å². The van der Waals surface area contributed by atoms with Crippen LogP contribution in [0, 0.1) is 30.6 Å². The van der Waals surface area contributed by atoms with E-state index in [-0.39, 0.29) is 23.7 Å². The van der Waals surface area contributed by atoms with Crippen molar-refractivity contribution < 1.29 is 19.1 Å². The molecule has 5 heteroatoms. The first kappa shape index (κ1) is 15.8. The lowest BCUT2D eigenvalue weighted by molar-refractivity contribution is -0.146. The second-order valence-electron chi connectivity index (χ2n) is 6.45. The molecule has 0 radical (unpaired) electrons. The summed E-state index contributed by atoms with van der Waals surface area (Å²) in [6.45, 7) is 4.21. The highest BCUT2D eigenvalue weighted by Crippen LogP contribution is 2.60. The van der Waals surface area contributed by atoms with E-state index in [9.17, 15) is 9.59 Å². The van der Waals surface area contributed by atoms with E-state index in [2.05, 4.69) is 5.32 Å². The van der Waals surface area contributed by atoms with E-state index in [1.165, 1.54) is 0 Å². The Morgan fingerprint density at radius 1 is 1.26 bits per heavy atom. The van der Waals surface area contributed by atoms with E-state index >= 15 is 0 Å². The van der Waals surface area contributed by atoms with Crippen molar-refractivity contribution in [2.45, 2.75) is 26.7 Å². The Morgan fingerprint density at radius 3 is 2.57 bits per heavy atom. The maximum Gasteiger partial charge on any atom is 0.309 e. The van der Waals surface area contributed by atoms with Gasteiger partial charge < -0.3 is 14.8 Å². The zero-order valence-corrected chi connectivity index (χ0v) is 13.8. The standard InChI is InChI=1S/C18H23NO4/c1-4-23-18(21)16-13-7-11(8-14(13)16)17(20)19-12-6-5-10(2)15(9-12)22-3/h5-6,9,11,13-14,16H,4,7-8H2,1-3H3,(H,19,20). The average Bonchev–Trinajstić information content (AvgIpc) is 3.04. The third kappa shape index (κ3) is 3.05. The second kappa shape index (κ2) is 6.22. The number of nitrogens with one attached hydrogen (secondary N) is 1. The fourth-order valence-electron chi connectivity index (χ4n) is 3.79. The molecule has 1 aromatic carbocycles. The average molecular weight is 317 g/mol. The molecule has 2 aliphatic rings. The highest BCUT2D eigenvalue weighted by atomic mass is 16.5. The van der Waals surface area contributed by atoms with Crippen molar-refractivity contribution >= 4 is 17.6 Å². The summed E-state index contributed by atoms with van der Waals surface area (Å²) in [5.74, 6) is 1.38. The van der Waals surface area contributed by atoms with Gasteiger partial charge in [0, 0.05) is 17.7 Å². The molecule has 0 spiro atoms. The van der Waals surface area contributed by atoms with Crippen molar-refractivity contribution in [3.05, 3.63) is 23.8 Å². The molecule has 2 unspecified atom stereocenters. The van der Waals surface area contributed by atoms with E-state index in [0.29, 0.717) is 18.4 Å². The van der Waals surface area contributed by atoms with Gasteiger partial charge in [-0.3, -0.25) is 9.59 Å². The number of rotatable bonds is 5. The summed E-state index contributed by atoms with van der Waals surface area (Å²) in [6, 6.07) is 5.65. The molecular weight excluding hydrogens is 294 g/mol. The number of carbonyl (C=O) groups excluding carboxylic acids is 2. The number of ether oxygens (including phenoxy) is 2. The number of methoxy groups -OCH3 is 1. The molecule has 3 rings (SSSR count). The van der Waals surface area contributed by atoms with Crippen LogP contribution in [-0.4, -0.2) is 25.6 Å². The monoisotopic (exact) mass is 317 g/mol. The lowest BCUT2D eigenvalue weighted by Crippen LogP contribution is -2.23.